The van der Waals surface area contributed by atoms with Gasteiger partial charge in [-0.1, -0.05) is 12.1 Å². The quantitative estimate of drug-likeness (QED) is 0.387. The van der Waals surface area contributed by atoms with E-state index in [9.17, 15) is 8.60 Å². The maximum Gasteiger partial charge on any atom is 0.265 e. The minimum Gasteiger partial charge on any atom is -0.497 e. The predicted molar refractivity (Wildman–Crippen MR) is 136 cm³/mol. The number of aromatic amines is 1. The molecular weight excluding hydrogens is 471 g/mol. The van der Waals surface area contributed by atoms with Gasteiger partial charge in [0.1, 0.15) is 17.3 Å². The standard InChI is InChI=1S/C26H23FN2O3S2/c1-31-18-7-3-16(4-8-18)25-24-21(22-15-20(34(2)30)11-12-23(22)28-24)13-14-29(25)26(33)32-19-9-5-17(27)6-10-19/h3-12,15,25,28H,13-14H2,1-2H3. The van der Waals surface area contributed by atoms with Crippen LogP contribution < -0.4 is 9.47 Å². The molecule has 1 aliphatic heterocycles. The Bertz CT molecular complexity index is 1380. The van der Waals surface area contributed by atoms with E-state index in [4.69, 9.17) is 21.7 Å². The van der Waals surface area contributed by atoms with Crippen molar-refractivity contribution in [2.75, 3.05) is 19.9 Å². The molecule has 0 bridgehead atoms. The first-order valence-electron chi connectivity index (χ1n) is 10.8. The zero-order chi connectivity index (χ0) is 23.8. The van der Waals surface area contributed by atoms with Crippen LogP contribution in [0.25, 0.3) is 10.9 Å². The molecule has 0 saturated carbocycles. The first kappa shape index (κ1) is 22.6. The summed E-state index contributed by atoms with van der Waals surface area (Å²) in [5.74, 6) is 0.919. The fourth-order valence-corrected chi connectivity index (χ4v) is 5.27. The van der Waals surface area contributed by atoms with Crippen LogP contribution in [0.5, 0.6) is 11.5 Å². The highest BCUT2D eigenvalue weighted by Gasteiger charge is 2.34. The largest absolute Gasteiger partial charge is 0.497 e. The summed E-state index contributed by atoms with van der Waals surface area (Å²) in [5.41, 5.74) is 4.22. The highest BCUT2D eigenvalue weighted by molar-refractivity contribution is 7.84. The molecule has 174 valence electrons. The Labute approximate surface area is 205 Å². The van der Waals surface area contributed by atoms with Crippen molar-refractivity contribution in [2.45, 2.75) is 17.4 Å². The molecule has 0 amide bonds. The number of nitrogens with zero attached hydrogens (tertiary/aromatic N) is 1. The van der Waals surface area contributed by atoms with Crippen molar-refractivity contribution < 1.29 is 18.1 Å². The van der Waals surface area contributed by atoms with E-state index in [1.807, 2.05) is 47.4 Å². The van der Waals surface area contributed by atoms with Crippen molar-refractivity contribution >= 4 is 39.1 Å². The first-order valence-corrected chi connectivity index (χ1v) is 12.8. The molecule has 0 saturated heterocycles. The Morgan fingerprint density at radius 2 is 1.79 bits per heavy atom. The Morgan fingerprint density at radius 1 is 1.09 bits per heavy atom. The van der Waals surface area contributed by atoms with Gasteiger partial charge in [0.25, 0.3) is 5.17 Å². The smallest absolute Gasteiger partial charge is 0.265 e. The van der Waals surface area contributed by atoms with Gasteiger partial charge in [0.15, 0.2) is 0 Å². The average Bonchev–Trinajstić information content (AvgIpc) is 3.23. The summed E-state index contributed by atoms with van der Waals surface area (Å²) >= 11 is 5.71. The van der Waals surface area contributed by atoms with Gasteiger partial charge in [-0.3, -0.25) is 4.21 Å². The summed E-state index contributed by atoms with van der Waals surface area (Å²) < 4.78 is 36.7. The number of benzene rings is 3. The van der Waals surface area contributed by atoms with E-state index < -0.39 is 10.8 Å². The molecule has 34 heavy (non-hydrogen) atoms. The van der Waals surface area contributed by atoms with Crippen molar-refractivity contribution in [3.63, 3.8) is 0 Å². The number of rotatable bonds is 4. The van der Waals surface area contributed by atoms with Crippen LogP contribution in [0.15, 0.2) is 71.6 Å². The maximum absolute atomic E-state index is 13.3. The fourth-order valence-electron chi connectivity index (χ4n) is 4.44. The summed E-state index contributed by atoms with van der Waals surface area (Å²) in [7, 11) is 0.575. The predicted octanol–water partition coefficient (Wildman–Crippen LogP) is 5.36. The monoisotopic (exact) mass is 494 g/mol. The van der Waals surface area contributed by atoms with Crippen molar-refractivity contribution in [2.24, 2.45) is 0 Å². The number of aromatic nitrogens is 1. The summed E-state index contributed by atoms with van der Waals surface area (Å²) in [6, 6.07) is 19.4. The molecule has 4 aromatic rings. The summed E-state index contributed by atoms with van der Waals surface area (Å²) in [6.07, 6.45) is 2.43. The molecule has 0 aliphatic carbocycles. The lowest BCUT2D eigenvalue weighted by atomic mass is 9.93. The Kier molecular flexibility index (Phi) is 6.10. The first-order chi connectivity index (χ1) is 16.4. The lowest BCUT2D eigenvalue weighted by Crippen LogP contribution is -2.42. The molecular formula is C26H23FN2O3S2. The van der Waals surface area contributed by atoms with Gasteiger partial charge in [-0.2, -0.15) is 0 Å². The van der Waals surface area contributed by atoms with Crippen LogP contribution >= 0.6 is 12.2 Å². The van der Waals surface area contributed by atoms with Gasteiger partial charge in [-0.15, -0.1) is 0 Å². The van der Waals surface area contributed by atoms with Crippen LogP contribution in [-0.2, 0) is 17.2 Å². The zero-order valence-electron chi connectivity index (χ0n) is 18.7. The summed E-state index contributed by atoms with van der Waals surface area (Å²) in [4.78, 5) is 6.42. The third-order valence-corrected chi connectivity index (χ3v) is 7.35. The van der Waals surface area contributed by atoms with Gasteiger partial charge in [-0.05, 0) is 84.4 Å². The van der Waals surface area contributed by atoms with E-state index in [0.717, 1.165) is 39.2 Å². The minimum atomic E-state index is -1.06. The molecule has 1 aliphatic rings. The van der Waals surface area contributed by atoms with E-state index in [0.29, 0.717) is 17.5 Å². The summed E-state index contributed by atoms with van der Waals surface area (Å²) in [5, 5.41) is 1.39. The van der Waals surface area contributed by atoms with Crippen molar-refractivity contribution in [1.29, 1.82) is 0 Å². The Hall–Kier alpha value is -3.23. The number of H-pyrrole nitrogens is 1. The highest BCUT2D eigenvalue weighted by atomic mass is 32.2. The van der Waals surface area contributed by atoms with Gasteiger partial charge in [-0.25, -0.2) is 4.39 Å². The third-order valence-electron chi connectivity index (χ3n) is 6.12. The van der Waals surface area contributed by atoms with Crippen LogP contribution in [0.1, 0.15) is 22.9 Å². The second-order valence-corrected chi connectivity index (χ2v) is 9.85. The van der Waals surface area contributed by atoms with E-state index in [1.165, 1.54) is 17.7 Å². The molecule has 1 aromatic heterocycles. The summed E-state index contributed by atoms with van der Waals surface area (Å²) in [6.45, 7) is 0.635. The molecule has 0 spiro atoms. The van der Waals surface area contributed by atoms with Crippen LogP contribution in [0.2, 0.25) is 0 Å². The number of nitrogens with one attached hydrogen (secondary N) is 1. The Morgan fingerprint density at radius 3 is 2.47 bits per heavy atom. The number of hydrogen-bond acceptors (Lipinski definition) is 4. The SMILES string of the molecule is COc1ccc(C2c3[nH]c4ccc(S(C)=O)cc4c3CCN2C(=S)Oc2ccc(F)cc2)cc1. The van der Waals surface area contributed by atoms with Crippen molar-refractivity contribution in [1.82, 2.24) is 9.88 Å². The normalized spacial score (nSPS) is 16.2. The van der Waals surface area contributed by atoms with Gasteiger partial charge in [0.2, 0.25) is 0 Å². The Balaban J connectivity index is 1.58. The number of ether oxygens (including phenoxy) is 2. The minimum absolute atomic E-state index is 0.217. The van der Waals surface area contributed by atoms with E-state index in [2.05, 4.69) is 4.98 Å². The molecule has 5 nitrogen and oxygen atoms in total. The highest BCUT2D eigenvalue weighted by Crippen LogP contribution is 2.39. The average molecular weight is 495 g/mol. The van der Waals surface area contributed by atoms with Crippen molar-refractivity contribution in [3.05, 3.63) is 89.4 Å². The van der Waals surface area contributed by atoms with Crippen LogP contribution in [0, 0.1) is 5.82 Å². The van der Waals surface area contributed by atoms with Crippen LogP contribution in [0.3, 0.4) is 0 Å². The van der Waals surface area contributed by atoms with Gasteiger partial charge >= 0.3 is 0 Å². The van der Waals surface area contributed by atoms with E-state index >= 15 is 0 Å². The molecule has 0 fully saturated rings. The van der Waals surface area contributed by atoms with E-state index in [1.54, 1.807) is 25.5 Å². The number of hydrogen-bond donors (Lipinski definition) is 1. The second kappa shape index (κ2) is 9.19. The third kappa shape index (κ3) is 4.19. The van der Waals surface area contributed by atoms with Gasteiger partial charge in [0.05, 0.1) is 13.2 Å². The number of fused-ring (bicyclic) bond motifs is 3. The molecule has 2 unspecified atom stereocenters. The topological polar surface area (TPSA) is 54.6 Å². The maximum atomic E-state index is 13.3. The molecule has 0 radical (unpaired) electrons. The second-order valence-electron chi connectivity index (χ2n) is 8.12. The number of methoxy groups -OCH3 is 1. The van der Waals surface area contributed by atoms with Crippen molar-refractivity contribution in [3.8, 4) is 11.5 Å². The molecule has 8 heteroatoms. The zero-order valence-corrected chi connectivity index (χ0v) is 20.3. The molecule has 2 atom stereocenters. The van der Waals surface area contributed by atoms with Crippen LogP contribution in [0.4, 0.5) is 4.39 Å². The molecule has 1 N–H and O–H groups in total. The van der Waals surface area contributed by atoms with Crippen LogP contribution in [-0.4, -0.2) is 39.2 Å². The number of halogens is 1. The number of thiocarbonyl (C=S) groups is 1. The lowest BCUT2D eigenvalue weighted by Gasteiger charge is -2.37. The molecule has 3 aromatic carbocycles. The van der Waals surface area contributed by atoms with E-state index in [-0.39, 0.29) is 11.9 Å². The van der Waals surface area contributed by atoms with Gasteiger partial charge < -0.3 is 19.4 Å². The lowest BCUT2D eigenvalue weighted by molar-refractivity contribution is 0.289. The van der Waals surface area contributed by atoms with Gasteiger partial charge in [0, 0.05) is 45.1 Å². The molecule has 5 rings (SSSR count). The molecule has 2 heterocycles. The fraction of sp³-hybridized carbons (Fsp3) is 0.192.